The molecule has 74 heavy (non-hydrogen) atoms. The van der Waals surface area contributed by atoms with Crippen molar-refractivity contribution in [2.45, 2.75) is 0 Å². The quantitative estimate of drug-likeness (QED) is 0.114. The zero-order valence-electron chi connectivity index (χ0n) is 40.9. The first kappa shape index (κ1) is 45.4. The van der Waals surface area contributed by atoms with Crippen LogP contribution in [0.4, 0.5) is 34.1 Å². The minimum Gasteiger partial charge on any atom is -0.311 e. The van der Waals surface area contributed by atoms with Gasteiger partial charge in [-0.3, -0.25) is 0 Å². The molecule has 12 aromatic rings. The second kappa shape index (κ2) is 20.9. The zero-order valence-corrected chi connectivity index (χ0v) is 40.9. The standard InChI is InChI=1S/C72H52N2/c1-5-14-53(15-6-1)57-24-26-58(27-25-57)61-32-44-69(45-33-61)73(67-40-28-59(29-41-67)54-16-7-2-8-17-54)70-46-34-62(35-47-70)63-36-48-71(49-37-63)74(68-42-30-60(31-43-68)55-18-9-3-10-19-55)72-50-38-64(39-51-72)66-23-13-22-65(52-66)56-20-11-4-12-21-56/h1-52H. The topological polar surface area (TPSA) is 6.48 Å². The summed E-state index contributed by atoms with van der Waals surface area (Å²) in [5.74, 6) is 0. The predicted molar refractivity (Wildman–Crippen MR) is 314 cm³/mol. The molecule has 0 aromatic heterocycles. The van der Waals surface area contributed by atoms with Crippen molar-refractivity contribution < 1.29 is 0 Å². The first-order valence-corrected chi connectivity index (χ1v) is 25.3. The van der Waals surface area contributed by atoms with Gasteiger partial charge in [0.25, 0.3) is 0 Å². The molecule has 0 spiro atoms. The fourth-order valence-corrected chi connectivity index (χ4v) is 9.97. The van der Waals surface area contributed by atoms with Crippen LogP contribution in [0.25, 0.3) is 77.9 Å². The van der Waals surface area contributed by atoms with E-state index in [-0.39, 0.29) is 0 Å². The van der Waals surface area contributed by atoms with E-state index in [1.54, 1.807) is 0 Å². The molecule has 0 saturated carbocycles. The highest BCUT2D eigenvalue weighted by atomic mass is 15.1. The van der Waals surface area contributed by atoms with Gasteiger partial charge in [0.15, 0.2) is 0 Å². The van der Waals surface area contributed by atoms with Crippen molar-refractivity contribution in [1.29, 1.82) is 0 Å². The zero-order chi connectivity index (χ0) is 49.5. The predicted octanol–water partition coefficient (Wildman–Crippen LogP) is 20.3. The minimum absolute atomic E-state index is 1.08. The maximum absolute atomic E-state index is 2.35. The third-order valence-corrected chi connectivity index (χ3v) is 13.9. The van der Waals surface area contributed by atoms with Crippen LogP contribution < -0.4 is 9.80 Å². The summed E-state index contributed by atoms with van der Waals surface area (Å²) in [5, 5.41) is 0. The minimum atomic E-state index is 1.08. The van der Waals surface area contributed by atoms with Gasteiger partial charge in [-0.25, -0.2) is 0 Å². The molecule has 0 aliphatic carbocycles. The monoisotopic (exact) mass is 944 g/mol. The van der Waals surface area contributed by atoms with Crippen LogP contribution in [-0.2, 0) is 0 Å². The molecule has 0 saturated heterocycles. The lowest BCUT2D eigenvalue weighted by atomic mass is 9.98. The van der Waals surface area contributed by atoms with Crippen LogP contribution in [0.1, 0.15) is 0 Å². The molecule has 0 N–H and O–H groups in total. The fourth-order valence-electron chi connectivity index (χ4n) is 9.97. The normalized spacial score (nSPS) is 11.0. The molecule has 2 nitrogen and oxygen atoms in total. The van der Waals surface area contributed by atoms with Crippen molar-refractivity contribution in [3.05, 3.63) is 315 Å². The van der Waals surface area contributed by atoms with Gasteiger partial charge in [0.1, 0.15) is 0 Å². The van der Waals surface area contributed by atoms with Gasteiger partial charge in [0.05, 0.1) is 0 Å². The lowest BCUT2D eigenvalue weighted by Gasteiger charge is -2.27. The van der Waals surface area contributed by atoms with Crippen LogP contribution in [0.15, 0.2) is 315 Å². The third kappa shape index (κ3) is 9.81. The van der Waals surface area contributed by atoms with Gasteiger partial charge < -0.3 is 9.80 Å². The van der Waals surface area contributed by atoms with E-state index < -0.39 is 0 Å². The summed E-state index contributed by atoms with van der Waals surface area (Å²) < 4.78 is 0. The van der Waals surface area contributed by atoms with Crippen molar-refractivity contribution in [3.63, 3.8) is 0 Å². The molecule has 0 aliphatic heterocycles. The molecule has 2 heteroatoms. The number of rotatable bonds is 13. The van der Waals surface area contributed by atoms with E-state index >= 15 is 0 Å². The van der Waals surface area contributed by atoms with Gasteiger partial charge >= 0.3 is 0 Å². The molecule has 0 heterocycles. The molecular weight excluding hydrogens is 893 g/mol. The van der Waals surface area contributed by atoms with Crippen LogP contribution in [0.3, 0.4) is 0 Å². The second-order valence-electron chi connectivity index (χ2n) is 18.6. The van der Waals surface area contributed by atoms with E-state index in [0.29, 0.717) is 0 Å². The van der Waals surface area contributed by atoms with Crippen LogP contribution in [-0.4, -0.2) is 0 Å². The molecule has 0 bridgehead atoms. The highest BCUT2D eigenvalue weighted by Gasteiger charge is 2.17. The Balaban J connectivity index is 0.841. The lowest BCUT2D eigenvalue weighted by Crippen LogP contribution is -2.10. The highest BCUT2D eigenvalue weighted by molar-refractivity contribution is 5.84. The average molecular weight is 945 g/mol. The average Bonchev–Trinajstić information content (AvgIpc) is 3.49. The van der Waals surface area contributed by atoms with Crippen molar-refractivity contribution in [2.24, 2.45) is 0 Å². The molecule has 350 valence electrons. The Labute approximate surface area is 435 Å². The first-order chi connectivity index (χ1) is 36.7. The molecule has 0 radical (unpaired) electrons. The fraction of sp³-hybridized carbons (Fsp3) is 0. The van der Waals surface area contributed by atoms with E-state index in [2.05, 4.69) is 325 Å². The number of hydrogen-bond acceptors (Lipinski definition) is 2. The summed E-state index contributed by atoms with van der Waals surface area (Å²) in [6.45, 7) is 0. The summed E-state index contributed by atoms with van der Waals surface area (Å²) in [5.41, 5.74) is 23.2. The first-order valence-electron chi connectivity index (χ1n) is 25.3. The summed E-state index contributed by atoms with van der Waals surface area (Å²) >= 11 is 0. The van der Waals surface area contributed by atoms with E-state index in [1.165, 1.54) is 66.8 Å². The molecule has 0 fully saturated rings. The molecule has 12 rings (SSSR count). The smallest absolute Gasteiger partial charge is 0.0462 e. The van der Waals surface area contributed by atoms with E-state index in [1.807, 2.05) is 0 Å². The van der Waals surface area contributed by atoms with E-state index in [9.17, 15) is 0 Å². The Hall–Kier alpha value is -9.76. The van der Waals surface area contributed by atoms with Crippen molar-refractivity contribution in [1.82, 2.24) is 0 Å². The molecule has 0 unspecified atom stereocenters. The molecular formula is C72H52N2. The van der Waals surface area contributed by atoms with Gasteiger partial charge in [-0.15, -0.1) is 0 Å². The summed E-state index contributed by atoms with van der Waals surface area (Å²) in [4.78, 5) is 4.69. The van der Waals surface area contributed by atoms with Crippen molar-refractivity contribution in [3.8, 4) is 77.9 Å². The van der Waals surface area contributed by atoms with E-state index in [4.69, 9.17) is 0 Å². The van der Waals surface area contributed by atoms with Gasteiger partial charge in [-0.1, -0.05) is 237 Å². The maximum Gasteiger partial charge on any atom is 0.0462 e. The Bertz CT molecular complexity index is 3730. The maximum atomic E-state index is 2.35. The van der Waals surface area contributed by atoms with Crippen LogP contribution in [0.2, 0.25) is 0 Å². The Morgan fingerprint density at radius 3 is 0.486 bits per heavy atom. The lowest BCUT2D eigenvalue weighted by molar-refractivity contribution is 1.28. The Kier molecular flexibility index (Phi) is 12.8. The second-order valence-corrected chi connectivity index (χ2v) is 18.6. The highest BCUT2D eigenvalue weighted by Crippen LogP contribution is 2.41. The van der Waals surface area contributed by atoms with Gasteiger partial charge in [-0.05, 0) is 157 Å². The third-order valence-electron chi connectivity index (χ3n) is 13.9. The summed E-state index contributed by atoms with van der Waals surface area (Å²) in [6, 6.07) is 113. The van der Waals surface area contributed by atoms with Gasteiger partial charge in [0.2, 0.25) is 0 Å². The molecule has 0 amide bonds. The van der Waals surface area contributed by atoms with Crippen molar-refractivity contribution >= 4 is 34.1 Å². The number of anilines is 6. The number of hydrogen-bond donors (Lipinski definition) is 0. The Morgan fingerprint density at radius 2 is 0.270 bits per heavy atom. The van der Waals surface area contributed by atoms with Crippen LogP contribution in [0, 0.1) is 0 Å². The number of benzene rings is 12. The molecule has 12 aromatic carbocycles. The van der Waals surface area contributed by atoms with Crippen LogP contribution in [0.5, 0.6) is 0 Å². The Morgan fingerprint density at radius 1 is 0.122 bits per heavy atom. The van der Waals surface area contributed by atoms with E-state index in [0.717, 1.165) is 45.3 Å². The van der Waals surface area contributed by atoms with Crippen LogP contribution >= 0.6 is 0 Å². The summed E-state index contributed by atoms with van der Waals surface area (Å²) in [7, 11) is 0. The molecule has 0 aliphatic rings. The van der Waals surface area contributed by atoms with Gasteiger partial charge in [0, 0.05) is 34.1 Å². The van der Waals surface area contributed by atoms with Crippen molar-refractivity contribution in [2.75, 3.05) is 9.80 Å². The SMILES string of the molecule is c1ccc(-c2ccc(-c3ccc(N(c4ccc(-c5ccccc5)cc4)c4ccc(-c5ccc(N(c6ccc(-c7ccccc7)cc6)c6ccc(-c7cccc(-c8ccccc8)c7)cc6)cc5)cc4)cc3)cc2)cc1. The largest absolute Gasteiger partial charge is 0.311 e. The summed E-state index contributed by atoms with van der Waals surface area (Å²) in [6.07, 6.45) is 0. The number of nitrogens with zero attached hydrogens (tertiary/aromatic N) is 2. The molecule has 0 atom stereocenters. The van der Waals surface area contributed by atoms with Gasteiger partial charge in [-0.2, -0.15) is 0 Å².